The molecule has 66 valence electrons. The van der Waals surface area contributed by atoms with Crippen LogP contribution < -0.4 is 0 Å². The Morgan fingerprint density at radius 1 is 1.45 bits per heavy atom. The number of hydrogen-bond donors (Lipinski definition) is 0. The fourth-order valence-corrected chi connectivity index (χ4v) is 1.83. The number of hydrogen-bond acceptors (Lipinski definition) is 1. The topological polar surface area (TPSA) is 3.24 Å². The average Bonchev–Trinajstić information content (AvgIpc) is 1.85. The summed E-state index contributed by atoms with van der Waals surface area (Å²) in [5.41, 5.74) is 0. The van der Waals surface area contributed by atoms with E-state index in [1.807, 2.05) is 7.05 Å². The Morgan fingerprint density at radius 2 is 2.09 bits per heavy atom. The van der Waals surface area contributed by atoms with E-state index in [0.29, 0.717) is 18.4 Å². The summed E-state index contributed by atoms with van der Waals surface area (Å²) in [6.07, 6.45) is 0.420. The lowest BCUT2D eigenvalue weighted by Crippen LogP contribution is -2.41. The van der Waals surface area contributed by atoms with Gasteiger partial charge in [-0.1, -0.05) is 13.8 Å². The van der Waals surface area contributed by atoms with Crippen LogP contribution in [0.15, 0.2) is 0 Å². The molecule has 0 bridgehead atoms. The summed E-state index contributed by atoms with van der Waals surface area (Å²) in [5, 5.41) is 0. The van der Waals surface area contributed by atoms with Gasteiger partial charge in [0, 0.05) is 6.54 Å². The molecule has 2 atom stereocenters. The van der Waals surface area contributed by atoms with Gasteiger partial charge in [0.15, 0.2) is 0 Å². The zero-order valence-corrected chi connectivity index (χ0v) is 7.68. The summed E-state index contributed by atoms with van der Waals surface area (Å²) < 4.78 is 13.3. The molecule has 1 saturated heterocycles. The SMILES string of the molecule is CC(C)[C@@H]1CCN(C)C[C@@H]1F. The third-order valence-corrected chi connectivity index (χ3v) is 2.65. The Hall–Kier alpha value is -0.110. The van der Waals surface area contributed by atoms with E-state index in [1.165, 1.54) is 0 Å². The normalized spacial score (nSPS) is 34.6. The highest BCUT2D eigenvalue weighted by molar-refractivity contribution is 4.80. The van der Waals surface area contributed by atoms with Crippen LogP contribution in [0.4, 0.5) is 4.39 Å². The Bertz CT molecular complexity index is 125. The molecular formula is C9H18FN. The first-order valence-electron chi connectivity index (χ1n) is 4.44. The maximum absolute atomic E-state index is 13.3. The molecule has 0 radical (unpaired) electrons. The van der Waals surface area contributed by atoms with Crippen LogP contribution in [0, 0.1) is 11.8 Å². The Labute approximate surface area is 68.6 Å². The molecule has 0 aromatic heterocycles. The van der Waals surface area contributed by atoms with Gasteiger partial charge in [0.05, 0.1) is 0 Å². The van der Waals surface area contributed by atoms with Crippen molar-refractivity contribution in [1.82, 2.24) is 4.90 Å². The largest absolute Gasteiger partial charge is 0.303 e. The van der Waals surface area contributed by atoms with Crippen molar-refractivity contribution in [3.63, 3.8) is 0 Å². The highest BCUT2D eigenvalue weighted by Gasteiger charge is 2.29. The molecule has 0 spiro atoms. The summed E-state index contributed by atoms with van der Waals surface area (Å²) >= 11 is 0. The van der Waals surface area contributed by atoms with Gasteiger partial charge in [0.1, 0.15) is 6.17 Å². The standard InChI is InChI=1S/C9H18FN/c1-7(2)8-4-5-11(3)6-9(8)10/h7-9H,4-6H2,1-3H3/t8-,9-/m0/s1. The lowest BCUT2D eigenvalue weighted by molar-refractivity contribution is 0.0758. The minimum Gasteiger partial charge on any atom is -0.303 e. The summed E-state index contributed by atoms with van der Waals surface area (Å²) in [5.74, 6) is 0.796. The molecule has 0 N–H and O–H groups in total. The maximum atomic E-state index is 13.3. The van der Waals surface area contributed by atoms with E-state index in [0.717, 1.165) is 13.0 Å². The number of piperidine rings is 1. The van der Waals surface area contributed by atoms with E-state index in [-0.39, 0.29) is 0 Å². The third kappa shape index (κ3) is 2.16. The monoisotopic (exact) mass is 159 g/mol. The van der Waals surface area contributed by atoms with E-state index in [4.69, 9.17) is 0 Å². The van der Waals surface area contributed by atoms with Crippen LogP contribution in [0.5, 0.6) is 0 Å². The molecule has 1 nitrogen and oxygen atoms in total. The first-order chi connectivity index (χ1) is 5.11. The second-order valence-corrected chi connectivity index (χ2v) is 3.97. The van der Waals surface area contributed by atoms with Crippen molar-refractivity contribution in [2.75, 3.05) is 20.1 Å². The van der Waals surface area contributed by atoms with Gasteiger partial charge < -0.3 is 4.90 Å². The van der Waals surface area contributed by atoms with Gasteiger partial charge in [-0.15, -0.1) is 0 Å². The second-order valence-electron chi connectivity index (χ2n) is 3.97. The summed E-state index contributed by atoms with van der Waals surface area (Å²) in [7, 11) is 1.99. The van der Waals surface area contributed by atoms with Crippen LogP contribution >= 0.6 is 0 Å². The number of rotatable bonds is 1. The highest BCUT2D eigenvalue weighted by Crippen LogP contribution is 2.26. The molecule has 1 aliphatic rings. The summed E-state index contributed by atoms with van der Waals surface area (Å²) in [4.78, 5) is 2.07. The third-order valence-electron chi connectivity index (χ3n) is 2.65. The summed E-state index contributed by atoms with van der Waals surface area (Å²) in [6, 6.07) is 0. The fraction of sp³-hybridized carbons (Fsp3) is 1.00. The zero-order valence-electron chi connectivity index (χ0n) is 7.68. The Balaban J connectivity index is 2.44. The Kier molecular flexibility index (Phi) is 2.88. The van der Waals surface area contributed by atoms with Gasteiger partial charge in [-0.3, -0.25) is 0 Å². The smallest absolute Gasteiger partial charge is 0.116 e. The molecule has 0 unspecified atom stereocenters. The lowest BCUT2D eigenvalue weighted by Gasteiger charge is -2.34. The molecule has 11 heavy (non-hydrogen) atoms. The van der Waals surface area contributed by atoms with Crippen molar-refractivity contribution < 1.29 is 4.39 Å². The zero-order chi connectivity index (χ0) is 8.43. The van der Waals surface area contributed by atoms with Gasteiger partial charge in [0.25, 0.3) is 0 Å². The van der Waals surface area contributed by atoms with Crippen molar-refractivity contribution in [1.29, 1.82) is 0 Å². The number of nitrogens with zero attached hydrogens (tertiary/aromatic N) is 1. The molecule has 1 aliphatic heterocycles. The predicted molar refractivity (Wildman–Crippen MR) is 45.3 cm³/mol. The molecule has 0 aromatic rings. The molecule has 0 aromatic carbocycles. The van der Waals surface area contributed by atoms with E-state index in [2.05, 4.69) is 18.7 Å². The minimum absolute atomic E-state index is 0.297. The van der Waals surface area contributed by atoms with Crippen LogP contribution in [0.25, 0.3) is 0 Å². The minimum atomic E-state index is -0.603. The summed E-state index contributed by atoms with van der Waals surface area (Å²) in [6.45, 7) is 5.91. The van der Waals surface area contributed by atoms with Crippen LogP contribution in [-0.4, -0.2) is 31.2 Å². The molecule has 1 heterocycles. The van der Waals surface area contributed by atoms with Gasteiger partial charge in [-0.2, -0.15) is 0 Å². The molecule has 0 aliphatic carbocycles. The van der Waals surface area contributed by atoms with Gasteiger partial charge >= 0.3 is 0 Å². The van der Waals surface area contributed by atoms with E-state index >= 15 is 0 Å². The van der Waals surface area contributed by atoms with Crippen LogP contribution in [0.3, 0.4) is 0 Å². The fourth-order valence-electron chi connectivity index (χ4n) is 1.83. The van der Waals surface area contributed by atoms with E-state index in [9.17, 15) is 4.39 Å². The van der Waals surface area contributed by atoms with Crippen LogP contribution in [0.2, 0.25) is 0 Å². The van der Waals surface area contributed by atoms with Gasteiger partial charge in [-0.05, 0) is 31.8 Å². The number of likely N-dealkylation sites (tertiary alicyclic amines) is 1. The van der Waals surface area contributed by atoms with Gasteiger partial charge in [0.2, 0.25) is 0 Å². The molecule has 1 rings (SSSR count). The first kappa shape index (κ1) is 8.98. The van der Waals surface area contributed by atoms with Gasteiger partial charge in [-0.25, -0.2) is 4.39 Å². The number of halogens is 1. The predicted octanol–water partition coefficient (Wildman–Crippen LogP) is 1.93. The molecule has 1 fully saturated rings. The lowest BCUT2D eigenvalue weighted by atomic mass is 9.85. The van der Waals surface area contributed by atoms with Crippen molar-refractivity contribution in [2.24, 2.45) is 11.8 Å². The van der Waals surface area contributed by atoms with Crippen molar-refractivity contribution in [3.8, 4) is 0 Å². The average molecular weight is 159 g/mol. The maximum Gasteiger partial charge on any atom is 0.116 e. The van der Waals surface area contributed by atoms with Crippen molar-refractivity contribution in [2.45, 2.75) is 26.4 Å². The van der Waals surface area contributed by atoms with E-state index < -0.39 is 6.17 Å². The Morgan fingerprint density at radius 3 is 2.55 bits per heavy atom. The second kappa shape index (κ2) is 3.53. The molecule has 0 saturated carbocycles. The van der Waals surface area contributed by atoms with Crippen LogP contribution in [-0.2, 0) is 0 Å². The van der Waals surface area contributed by atoms with Crippen molar-refractivity contribution >= 4 is 0 Å². The quantitative estimate of drug-likeness (QED) is 0.565. The molecule has 0 amide bonds. The highest BCUT2D eigenvalue weighted by atomic mass is 19.1. The number of alkyl halides is 1. The van der Waals surface area contributed by atoms with Crippen LogP contribution in [0.1, 0.15) is 20.3 Å². The molecular weight excluding hydrogens is 141 g/mol. The van der Waals surface area contributed by atoms with E-state index in [1.54, 1.807) is 0 Å². The molecule has 2 heteroatoms. The first-order valence-corrected chi connectivity index (χ1v) is 4.44. The van der Waals surface area contributed by atoms with Crippen molar-refractivity contribution in [3.05, 3.63) is 0 Å².